The van der Waals surface area contributed by atoms with Gasteiger partial charge in [0.2, 0.25) is 0 Å². The monoisotopic (exact) mass is 256 g/mol. The number of hydrogen-bond acceptors (Lipinski definition) is 3. The standard InChI is InChI=1S/C14H16N4O/c1-18-13(6-7-16-18)14(19)17-11-8-10-4-2-3-5-12(10)15-9-11/h2-7,11,15H,8-9H2,1H3,(H,17,19). The number of para-hydroxylation sites is 1. The summed E-state index contributed by atoms with van der Waals surface area (Å²) < 4.78 is 1.58. The number of carbonyl (C=O) groups excluding carboxylic acids is 1. The number of rotatable bonds is 2. The Labute approximate surface area is 111 Å². The number of anilines is 1. The molecule has 2 aromatic rings. The molecule has 1 aliphatic rings. The van der Waals surface area contributed by atoms with Gasteiger partial charge >= 0.3 is 0 Å². The van der Waals surface area contributed by atoms with E-state index in [0.717, 1.165) is 18.7 Å². The van der Waals surface area contributed by atoms with Crippen LogP contribution in [-0.4, -0.2) is 28.3 Å². The predicted molar refractivity (Wildman–Crippen MR) is 73.1 cm³/mol. The third-order valence-electron chi connectivity index (χ3n) is 3.41. The third kappa shape index (κ3) is 2.31. The van der Waals surface area contributed by atoms with Crippen molar-refractivity contribution in [1.82, 2.24) is 15.1 Å². The van der Waals surface area contributed by atoms with E-state index in [-0.39, 0.29) is 11.9 Å². The van der Waals surface area contributed by atoms with Crippen molar-refractivity contribution in [3.63, 3.8) is 0 Å². The van der Waals surface area contributed by atoms with Gasteiger partial charge in [-0.3, -0.25) is 9.48 Å². The molecule has 0 fully saturated rings. The van der Waals surface area contributed by atoms with Crippen molar-refractivity contribution in [3.8, 4) is 0 Å². The molecule has 0 saturated heterocycles. The van der Waals surface area contributed by atoms with Crippen LogP contribution in [0.15, 0.2) is 36.5 Å². The predicted octanol–water partition coefficient (Wildman–Crippen LogP) is 1.19. The molecule has 2 N–H and O–H groups in total. The van der Waals surface area contributed by atoms with Crippen LogP contribution in [0.5, 0.6) is 0 Å². The Kier molecular flexibility index (Phi) is 2.95. The molecule has 1 aliphatic heterocycles. The highest BCUT2D eigenvalue weighted by Crippen LogP contribution is 2.21. The molecule has 5 nitrogen and oxygen atoms in total. The maximum Gasteiger partial charge on any atom is 0.269 e. The van der Waals surface area contributed by atoms with Gasteiger partial charge in [-0.05, 0) is 24.1 Å². The van der Waals surface area contributed by atoms with E-state index in [2.05, 4.69) is 27.9 Å². The van der Waals surface area contributed by atoms with E-state index < -0.39 is 0 Å². The van der Waals surface area contributed by atoms with Gasteiger partial charge in [0.1, 0.15) is 5.69 Å². The molecule has 3 rings (SSSR count). The van der Waals surface area contributed by atoms with E-state index in [1.807, 2.05) is 12.1 Å². The quantitative estimate of drug-likeness (QED) is 0.848. The fraction of sp³-hybridized carbons (Fsp3) is 0.286. The van der Waals surface area contributed by atoms with Crippen molar-refractivity contribution in [3.05, 3.63) is 47.8 Å². The smallest absolute Gasteiger partial charge is 0.269 e. The number of aryl methyl sites for hydroxylation is 1. The molecular formula is C14H16N4O. The van der Waals surface area contributed by atoms with Gasteiger partial charge in [0.05, 0.1) is 6.04 Å². The summed E-state index contributed by atoms with van der Waals surface area (Å²) in [5.41, 5.74) is 2.98. The Morgan fingerprint density at radius 2 is 2.26 bits per heavy atom. The van der Waals surface area contributed by atoms with Gasteiger partial charge in [-0.2, -0.15) is 5.10 Å². The second kappa shape index (κ2) is 4.76. The van der Waals surface area contributed by atoms with Crippen molar-refractivity contribution < 1.29 is 4.79 Å². The number of nitrogens with zero attached hydrogens (tertiary/aromatic N) is 2. The van der Waals surface area contributed by atoms with Gasteiger partial charge in [0.15, 0.2) is 0 Å². The normalized spacial score (nSPS) is 17.4. The van der Waals surface area contributed by atoms with Crippen molar-refractivity contribution in [2.75, 3.05) is 11.9 Å². The second-order valence-corrected chi connectivity index (χ2v) is 4.75. The minimum atomic E-state index is -0.0776. The number of nitrogens with one attached hydrogen (secondary N) is 2. The number of benzene rings is 1. The Hall–Kier alpha value is -2.30. The lowest BCUT2D eigenvalue weighted by molar-refractivity contribution is 0.0929. The fourth-order valence-corrected chi connectivity index (χ4v) is 2.40. The molecule has 0 saturated carbocycles. The minimum Gasteiger partial charge on any atom is -0.383 e. The molecule has 2 heterocycles. The second-order valence-electron chi connectivity index (χ2n) is 4.75. The van der Waals surface area contributed by atoms with Crippen molar-refractivity contribution in [1.29, 1.82) is 0 Å². The Morgan fingerprint density at radius 3 is 3.05 bits per heavy atom. The average molecular weight is 256 g/mol. The van der Waals surface area contributed by atoms with Crippen LogP contribution in [0.3, 0.4) is 0 Å². The maximum atomic E-state index is 12.1. The van der Waals surface area contributed by atoms with Crippen molar-refractivity contribution in [2.45, 2.75) is 12.5 Å². The van der Waals surface area contributed by atoms with Crippen LogP contribution in [0.1, 0.15) is 16.1 Å². The highest BCUT2D eigenvalue weighted by atomic mass is 16.2. The first kappa shape index (κ1) is 11.8. The number of carbonyl (C=O) groups is 1. The topological polar surface area (TPSA) is 59.0 Å². The molecule has 1 aromatic carbocycles. The summed E-state index contributed by atoms with van der Waals surface area (Å²) in [4.78, 5) is 12.1. The zero-order chi connectivity index (χ0) is 13.2. The fourth-order valence-electron chi connectivity index (χ4n) is 2.40. The van der Waals surface area contributed by atoms with Crippen LogP contribution in [0.2, 0.25) is 0 Å². The summed E-state index contributed by atoms with van der Waals surface area (Å²) in [5, 5.41) is 10.4. The van der Waals surface area contributed by atoms with Crippen LogP contribution in [0.25, 0.3) is 0 Å². The molecule has 0 bridgehead atoms. The molecule has 5 heteroatoms. The van der Waals surface area contributed by atoms with E-state index in [4.69, 9.17) is 0 Å². The summed E-state index contributed by atoms with van der Waals surface area (Å²) in [6.45, 7) is 0.751. The Morgan fingerprint density at radius 1 is 1.42 bits per heavy atom. The van der Waals surface area contributed by atoms with Crippen LogP contribution >= 0.6 is 0 Å². The van der Waals surface area contributed by atoms with Crippen molar-refractivity contribution >= 4 is 11.6 Å². The maximum absolute atomic E-state index is 12.1. The van der Waals surface area contributed by atoms with Gasteiger partial charge in [-0.15, -0.1) is 0 Å². The highest BCUT2D eigenvalue weighted by Gasteiger charge is 2.20. The van der Waals surface area contributed by atoms with Crippen LogP contribution < -0.4 is 10.6 Å². The zero-order valence-corrected chi connectivity index (χ0v) is 10.8. The van der Waals surface area contributed by atoms with E-state index in [1.165, 1.54) is 5.56 Å². The molecule has 1 aromatic heterocycles. The first-order valence-electron chi connectivity index (χ1n) is 6.34. The van der Waals surface area contributed by atoms with Crippen LogP contribution in [-0.2, 0) is 13.5 Å². The molecule has 0 aliphatic carbocycles. The highest BCUT2D eigenvalue weighted by molar-refractivity contribution is 5.92. The molecule has 19 heavy (non-hydrogen) atoms. The molecule has 0 spiro atoms. The van der Waals surface area contributed by atoms with Crippen LogP contribution in [0.4, 0.5) is 5.69 Å². The Bertz CT molecular complexity index is 605. The number of fused-ring (bicyclic) bond motifs is 1. The average Bonchev–Trinajstić information content (AvgIpc) is 2.85. The van der Waals surface area contributed by atoms with E-state index in [1.54, 1.807) is 24.0 Å². The van der Waals surface area contributed by atoms with E-state index in [9.17, 15) is 4.79 Å². The lowest BCUT2D eigenvalue weighted by atomic mass is 10.00. The summed E-state index contributed by atoms with van der Waals surface area (Å²) in [5.74, 6) is -0.0776. The molecule has 1 unspecified atom stereocenters. The van der Waals surface area contributed by atoms with Gasteiger partial charge in [-0.1, -0.05) is 18.2 Å². The van der Waals surface area contributed by atoms with E-state index in [0.29, 0.717) is 5.69 Å². The molecule has 1 atom stereocenters. The summed E-state index contributed by atoms with van der Waals surface area (Å²) in [6.07, 6.45) is 2.48. The zero-order valence-electron chi connectivity index (χ0n) is 10.8. The lowest BCUT2D eigenvalue weighted by Crippen LogP contribution is -2.44. The molecular weight excluding hydrogens is 240 g/mol. The van der Waals surface area contributed by atoms with E-state index >= 15 is 0 Å². The summed E-state index contributed by atoms with van der Waals surface area (Å²) in [7, 11) is 1.77. The summed E-state index contributed by atoms with van der Waals surface area (Å²) >= 11 is 0. The summed E-state index contributed by atoms with van der Waals surface area (Å²) in [6, 6.07) is 10.0. The largest absolute Gasteiger partial charge is 0.383 e. The third-order valence-corrected chi connectivity index (χ3v) is 3.41. The molecule has 98 valence electrons. The molecule has 1 amide bonds. The molecule has 0 radical (unpaired) electrons. The number of aromatic nitrogens is 2. The minimum absolute atomic E-state index is 0.0776. The Balaban J connectivity index is 1.70. The number of amides is 1. The SMILES string of the molecule is Cn1nccc1C(=O)NC1CNc2ccccc2C1. The van der Waals surface area contributed by atoms with Gasteiger partial charge in [0, 0.05) is 25.5 Å². The van der Waals surface area contributed by atoms with Crippen molar-refractivity contribution in [2.24, 2.45) is 7.05 Å². The first-order chi connectivity index (χ1) is 9.24. The van der Waals surface area contributed by atoms with Gasteiger partial charge in [-0.25, -0.2) is 0 Å². The van der Waals surface area contributed by atoms with Crippen LogP contribution in [0, 0.1) is 0 Å². The van der Waals surface area contributed by atoms with Gasteiger partial charge in [0.25, 0.3) is 5.91 Å². The number of hydrogen-bond donors (Lipinski definition) is 2. The lowest BCUT2D eigenvalue weighted by Gasteiger charge is -2.26. The first-order valence-corrected chi connectivity index (χ1v) is 6.34. The van der Waals surface area contributed by atoms with Gasteiger partial charge < -0.3 is 10.6 Å².